The number of aromatic amines is 1. The minimum absolute atomic E-state index is 0.0632. The number of H-pyrrole nitrogens is 1. The Morgan fingerprint density at radius 1 is 1.22 bits per heavy atom. The quantitative estimate of drug-likeness (QED) is 0.366. The van der Waals surface area contributed by atoms with Crippen LogP contribution in [0.4, 0.5) is 10.3 Å². The molecule has 0 saturated heterocycles. The van der Waals surface area contributed by atoms with Crippen LogP contribution < -0.4 is 21.9 Å². The number of hydrogen-bond acceptors (Lipinski definition) is 7. The molecule has 12 heteroatoms. The lowest BCUT2D eigenvalue weighted by atomic mass is 10.2. The van der Waals surface area contributed by atoms with E-state index in [1.807, 2.05) is 13.8 Å². The Bertz CT molecular complexity index is 1190. The molecule has 0 fully saturated rings. The van der Waals surface area contributed by atoms with E-state index in [0.29, 0.717) is 5.16 Å². The molecule has 3 rings (SSSR count). The largest absolute Gasteiger partial charge is 0.369 e. The number of nitrogens with two attached hydrogens (primary N) is 1. The summed E-state index contributed by atoms with van der Waals surface area (Å²) in [5.74, 6) is -0.943. The number of fused-ring (bicyclic) bond motifs is 1. The third-order valence-electron chi connectivity index (χ3n) is 4.35. The summed E-state index contributed by atoms with van der Waals surface area (Å²) in [6.45, 7) is 5.22. The minimum Gasteiger partial charge on any atom is -0.369 e. The van der Waals surface area contributed by atoms with Gasteiger partial charge in [-0.05, 0) is 31.5 Å². The first kappa shape index (κ1) is 23.3. The van der Waals surface area contributed by atoms with Gasteiger partial charge in [0.25, 0.3) is 5.56 Å². The molecule has 5 N–H and O–H groups in total. The van der Waals surface area contributed by atoms with Crippen molar-refractivity contribution in [3.05, 3.63) is 46.0 Å². The normalized spacial score (nSPS) is 12.2. The van der Waals surface area contributed by atoms with Gasteiger partial charge < -0.3 is 16.4 Å². The van der Waals surface area contributed by atoms with Crippen LogP contribution in [-0.4, -0.2) is 49.2 Å². The van der Waals surface area contributed by atoms with Gasteiger partial charge in [-0.1, -0.05) is 23.9 Å². The molecule has 0 aliphatic heterocycles. The van der Waals surface area contributed by atoms with Crippen molar-refractivity contribution in [3.63, 3.8) is 0 Å². The predicted molar refractivity (Wildman–Crippen MR) is 120 cm³/mol. The van der Waals surface area contributed by atoms with Crippen molar-refractivity contribution in [3.8, 4) is 0 Å². The Hall–Kier alpha value is -3.41. The number of nitrogen functional groups attached to an aromatic ring is 1. The second-order valence-corrected chi connectivity index (χ2v) is 8.44. The van der Waals surface area contributed by atoms with E-state index in [1.165, 1.54) is 30.8 Å². The summed E-state index contributed by atoms with van der Waals surface area (Å²) in [5.41, 5.74) is 6.33. The number of rotatable bonds is 8. The van der Waals surface area contributed by atoms with E-state index >= 15 is 0 Å². The van der Waals surface area contributed by atoms with Gasteiger partial charge in [0, 0.05) is 18.7 Å². The van der Waals surface area contributed by atoms with Crippen molar-refractivity contribution >= 4 is 40.7 Å². The van der Waals surface area contributed by atoms with Gasteiger partial charge in [-0.2, -0.15) is 4.98 Å². The van der Waals surface area contributed by atoms with Crippen LogP contribution in [0, 0.1) is 5.82 Å². The molecular weight excluding hydrogens is 437 g/mol. The predicted octanol–water partition coefficient (Wildman–Crippen LogP) is 1.01. The van der Waals surface area contributed by atoms with Crippen molar-refractivity contribution in [1.82, 2.24) is 30.2 Å². The molecule has 10 nitrogen and oxygen atoms in total. The fourth-order valence-electron chi connectivity index (χ4n) is 3.00. The standard InChI is InChI=1S/C20H24FN7O3S/c1-10(2)23-17(30)14(24-11(3)29)9-32-20-25-15-16(26-19(22)27-18(15)31)28(20)8-12-4-6-13(21)7-5-12/h4-7,10,14H,8-9H2,1-3H3,(H,23,30)(H,24,29)(H3,22,26,27,31)/t14-/m0/s1. The Morgan fingerprint density at radius 2 is 1.91 bits per heavy atom. The molecule has 1 aromatic carbocycles. The molecule has 0 bridgehead atoms. The molecular formula is C20H24FN7O3S. The molecule has 0 aliphatic carbocycles. The van der Waals surface area contributed by atoms with Gasteiger partial charge in [-0.3, -0.25) is 23.9 Å². The number of benzene rings is 1. The van der Waals surface area contributed by atoms with E-state index in [1.54, 1.807) is 16.7 Å². The molecule has 2 amide bonds. The molecule has 0 radical (unpaired) electrons. The van der Waals surface area contributed by atoms with Crippen molar-refractivity contribution in [2.75, 3.05) is 11.5 Å². The maximum Gasteiger partial charge on any atom is 0.280 e. The highest BCUT2D eigenvalue weighted by Crippen LogP contribution is 2.24. The van der Waals surface area contributed by atoms with E-state index in [2.05, 4.69) is 25.6 Å². The molecule has 0 spiro atoms. The Balaban J connectivity index is 1.96. The van der Waals surface area contributed by atoms with Crippen LogP contribution in [0.25, 0.3) is 11.2 Å². The molecule has 0 aliphatic rings. The highest BCUT2D eigenvalue weighted by molar-refractivity contribution is 7.99. The van der Waals surface area contributed by atoms with Crippen LogP contribution in [0.15, 0.2) is 34.2 Å². The molecule has 2 aromatic heterocycles. The summed E-state index contributed by atoms with van der Waals surface area (Å²) < 4.78 is 15.0. The van der Waals surface area contributed by atoms with Gasteiger partial charge in [-0.15, -0.1) is 0 Å². The summed E-state index contributed by atoms with van der Waals surface area (Å²) in [6.07, 6.45) is 0. The molecule has 0 saturated carbocycles. The average molecular weight is 462 g/mol. The van der Waals surface area contributed by atoms with Crippen molar-refractivity contribution in [1.29, 1.82) is 0 Å². The second-order valence-electron chi connectivity index (χ2n) is 7.46. The summed E-state index contributed by atoms with van der Waals surface area (Å²) >= 11 is 1.18. The Labute approximate surface area is 187 Å². The first-order valence-electron chi connectivity index (χ1n) is 9.84. The fraction of sp³-hybridized carbons (Fsp3) is 0.350. The highest BCUT2D eigenvalue weighted by Gasteiger charge is 2.23. The van der Waals surface area contributed by atoms with Gasteiger partial charge in [-0.25, -0.2) is 9.37 Å². The summed E-state index contributed by atoms with van der Waals surface area (Å²) in [4.78, 5) is 47.4. The van der Waals surface area contributed by atoms with Crippen LogP contribution in [0.1, 0.15) is 26.3 Å². The summed E-state index contributed by atoms with van der Waals surface area (Å²) in [5, 5.41) is 5.81. The highest BCUT2D eigenvalue weighted by atomic mass is 32.2. The Kier molecular flexibility index (Phi) is 7.13. The van der Waals surface area contributed by atoms with E-state index in [-0.39, 0.29) is 53.1 Å². The molecule has 0 unspecified atom stereocenters. The number of carbonyl (C=O) groups excluding carboxylic acids is 2. The molecule has 32 heavy (non-hydrogen) atoms. The van der Waals surface area contributed by atoms with Crippen LogP contribution in [0.5, 0.6) is 0 Å². The summed E-state index contributed by atoms with van der Waals surface area (Å²) in [6, 6.07) is 4.98. The van der Waals surface area contributed by atoms with E-state index in [0.717, 1.165) is 5.56 Å². The van der Waals surface area contributed by atoms with E-state index < -0.39 is 11.6 Å². The minimum atomic E-state index is -0.810. The van der Waals surface area contributed by atoms with E-state index in [9.17, 15) is 18.8 Å². The molecule has 1 atom stereocenters. The number of hydrogen-bond donors (Lipinski definition) is 4. The fourth-order valence-corrected chi connectivity index (χ4v) is 4.02. The SMILES string of the molecule is CC(=O)N[C@@H](CSc1nc2c(=O)[nH]c(N)nc2n1Cc1ccc(F)cc1)C(=O)NC(C)C. The lowest BCUT2D eigenvalue weighted by Crippen LogP contribution is -2.49. The Morgan fingerprint density at radius 3 is 2.53 bits per heavy atom. The van der Waals surface area contributed by atoms with E-state index in [4.69, 9.17) is 5.73 Å². The lowest BCUT2D eigenvalue weighted by molar-refractivity contribution is -0.127. The monoisotopic (exact) mass is 461 g/mol. The zero-order chi connectivity index (χ0) is 23.4. The first-order valence-corrected chi connectivity index (χ1v) is 10.8. The molecule has 170 valence electrons. The molecule has 2 heterocycles. The summed E-state index contributed by atoms with van der Waals surface area (Å²) in [7, 11) is 0. The number of nitrogens with zero attached hydrogens (tertiary/aromatic N) is 3. The molecule has 3 aromatic rings. The topological polar surface area (TPSA) is 148 Å². The maximum absolute atomic E-state index is 13.3. The second kappa shape index (κ2) is 9.81. The van der Waals surface area contributed by atoms with Gasteiger partial charge >= 0.3 is 0 Å². The van der Waals surface area contributed by atoms with Crippen molar-refractivity contribution in [2.24, 2.45) is 0 Å². The third kappa shape index (κ3) is 5.63. The van der Waals surface area contributed by atoms with Crippen molar-refractivity contribution in [2.45, 2.75) is 44.6 Å². The van der Waals surface area contributed by atoms with Gasteiger partial charge in [0.2, 0.25) is 17.8 Å². The lowest BCUT2D eigenvalue weighted by Gasteiger charge is -2.19. The zero-order valence-corrected chi connectivity index (χ0v) is 18.6. The van der Waals surface area contributed by atoms with Gasteiger partial charge in [0.1, 0.15) is 11.9 Å². The smallest absolute Gasteiger partial charge is 0.280 e. The average Bonchev–Trinajstić information content (AvgIpc) is 3.03. The number of aromatic nitrogens is 4. The maximum atomic E-state index is 13.3. The van der Waals surface area contributed by atoms with Crippen LogP contribution in [0.2, 0.25) is 0 Å². The third-order valence-corrected chi connectivity index (χ3v) is 5.42. The first-order chi connectivity index (χ1) is 15.1. The van der Waals surface area contributed by atoms with Crippen LogP contribution >= 0.6 is 11.8 Å². The number of anilines is 1. The number of imidazole rings is 1. The van der Waals surface area contributed by atoms with Gasteiger partial charge in [0.15, 0.2) is 16.3 Å². The number of carbonyl (C=O) groups is 2. The van der Waals surface area contributed by atoms with Crippen LogP contribution in [0.3, 0.4) is 0 Å². The van der Waals surface area contributed by atoms with Crippen molar-refractivity contribution < 1.29 is 14.0 Å². The zero-order valence-electron chi connectivity index (χ0n) is 17.8. The van der Waals surface area contributed by atoms with Gasteiger partial charge in [0.05, 0.1) is 6.54 Å². The number of halogens is 1. The number of amides is 2. The number of thioether (sulfide) groups is 1. The number of nitrogens with one attached hydrogen (secondary N) is 3. The van der Waals surface area contributed by atoms with Crippen LogP contribution in [-0.2, 0) is 16.1 Å².